The average molecular weight is 271 g/mol. The first-order valence-corrected chi connectivity index (χ1v) is 5.83. The minimum atomic E-state index is -0.399. The molecule has 0 amide bonds. The lowest BCUT2D eigenvalue weighted by Gasteiger charge is -2.08. The van der Waals surface area contributed by atoms with Crippen molar-refractivity contribution in [3.8, 4) is 11.3 Å². The van der Waals surface area contributed by atoms with Crippen LogP contribution < -0.4 is 0 Å². The summed E-state index contributed by atoms with van der Waals surface area (Å²) in [4.78, 5) is 8.05. The van der Waals surface area contributed by atoms with Crippen molar-refractivity contribution in [3.05, 3.63) is 46.1 Å². The van der Waals surface area contributed by atoms with E-state index < -0.39 is 5.82 Å². The van der Waals surface area contributed by atoms with Crippen LogP contribution in [0.2, 0.25) is 10.2 Å². The Hall–Kier alpha value is -1.19. The Labute approximate surface area is 108 Å². The fourth-order valence-corrected chi connectivity index (χ4v) is 2.13. The van der Waals surface area contributed by atoms with Crippen molar-refractivity contribution < 1.29 is 4.39 Å². The third kappa shape index (κ3) is 2.56. The van der Waals surface area contributed by atoms with Crippen LogP contribution in [0, 0.1) is 5.82 Å². The van der Waals surface area contributed by atoms with Gasteiger partial charge in [0.15, 0.2) is 0 Å². The molecule has 1 heterocycles. The molecule has 0 aliphatic heterocycles. The van der Waals surface area contributed by atoms with Crippen molar-refractivity contribution in [1.29, 1.82) is 0 Å². The zero-order valence-corrected chi connectivity index (χ0v) is 10.6. The molecule has 2 rings (SSSR count). The number of nitrogens with zero attached hydrogens (tertiary/aromatic N) is 2. The van der Waals surface area contributed by atoms with Crippen molar-refractivity contribution in [2.24, 2.45) is 0 Å². The number of halogens is 3. The third-order valence-electron chi connectivity index (χ3n) is 2.38. The quantitative estimate of drug-likeness (QED) is 0.767. The summed E-state index contributed by atoms with van der Waals surface area (Å²) in [6, 6.07) is 4.28. The molecule has 88 valence electrons. The molecule has 2 aromatic rings. The first kappa shape index (κ1) is 12.3. The van der Waals surface area contributed by atoms with Crippen LogP contribution in [-0.4, -0.2) is 9.97 Å². The molecule has 0 fully saturated rings. The first-order valence-electron chi connectivity index (χ1n) is 5.07. The number of hydrogen-bond donors (Lipinski definition) is 0. The van der Waals surface area contributed by atoms with E-state index in [1.165, 1.54) is 18.5 Å². The maximum Gasteiger partial charge on any atom is 0.136 e. The highest BCUT2D eigenvalue weighted by atomic mass is 35.5. The standard InChI is InChI=1S/C12H9Cl2FN2/c1-2-10-11(16-6-17-12(10)14)7-3-8(13)5-9(15)4-7/h3-6H,2H2,1H3. The second-order valence-corrected chi connectivity index (χ2v) is 4.30. The summed E-state index contributed by atoms with van der Waals surface area (Å²) in [5.41, 5.74) is 2.01. The van der Waals surface area contributed by atoms with E-state index in [-0.39, 0.29) is 0 Å². The molecule has 0 N–H and O–H groups in total. The predicted molar refractivity (Wildman–Crippen MR) is 66.8 cm³/mol. The highest BCUT2D eigenvalue weighted by Crippen LogP contribution is 2.28. The van der Waals surface area contributed by atoms with Gasteiger partial charge < -0.3 is 0 Å². The van der Waals surface area contributed by atoms with Gasteiger partial charge in [0.2, 0.25) is 0 Å². The fourth-order valence-electron chi connectivity index (χ4n) is 1.64. The molecule has 17 heavy (non-hydrogen) atoms. The van der Waals surface area contributed by atoms with E-state index in [1.807, 2.05) is 6.92 Å². The Kier molecular flexibility index (Phi) is 3.60. The van der Waals surface area contributed by atoms with Gasteiger partial charge in [-0.3, -0.25) is 0 Å². The van der Waals surface area contributed by atoms with Crippen LogP contribution in [0.15, 0.2) is 24.5 Å². The maximum atomic E-state index is 13.3. The summed E-state index contributed by atoms with van der Waals surface area (Å²) >= 11 is 11.8. The molecule has 0 aliphatic carbocycles. The monoisotopic (exact) mass is 270 g/mol. The Balaban J connectivity index is 2.63. The second-order valence-electron chi connectivity index (χ2n) is 3.50. The Morgan fingerprint density at radius 3 is 2.59 bits per heavy atom. The molecule has 0 saturated heterocycles. The molecule has 1 aromatic carbocycles. The highest BCUT2D eigenvalue weighted by Gasteiger charge is 2.11. The van der Waals surface area contributed by atoms with Gasteiger partial charge in [0, 0.05) is 16.1 Å². The molecule has 0 spiro atoms. The number of rotatable bonds is 2. The van der Waals surface area contributed by atoms with E-state index >= 15 is 0 Å². The van der Waals surface area contributed by atoms with Gasteiger partial charge in [0.1, 0.15) is 17.3 Å². The molecule has 0 bridgehead atoms. The molecule has 5 heteroatoms. The van der Waals surface area contributed by atoms with Crippen LogP contribution in [0.5, 0.6) is 0 Å². The largest absolute Gasteiger partial charge is 0.236 e. The number of aromatic nitrogens is 2. The highest BCUT2D eigenvalue weighted by molar-refractivity contribution is 6.31. The van der Waals surface area contributed by atoms with E-state index in [2.05, 4.69) is 9.97 Å². The van der Waals surface area contributed by atoms with Gasteiger partial charge in [-0.15, -0.1) is 0 Å². The van der Waals surface area contributed by atoms with E-state index in [4.69, 9.17) is 23.2 Å². The van der Waals surface area contributed by atoms with Gasteiger partial charge in [0.05, 0.1) is 5.69 Å². The molecule has 0 radical (unpaired) electrons. The zero-order valence-electron chi connectivity index (χ0n) is 9.04. The molecular formula is C12H9Cl2FN2. The molecule has 0 unspecified atom stereocenters. The van der Waals surface area contributed by atoms with Crippen molar-refractivity contribution in [2.45, 2.75) is 13.3 Å². The third-order valence-corrected chi connectivity index (χ3v) is 2.93. The zero-order chi connectivity index (χ0) is 12.4. The second kappa shape index (κ2) is 4.98. The summed E-state index contributed by atoms with van der Waals surface area (Å²) in [6.45, 7) is 1.94. The van der Waals surface area contributed by atoms with E-state index in [1.54, 1.807) is 6.07 Å². The van der Waals surface area contributed by atoms with Crippen LogP contribution in [-0.2, 0) is 6.42 Å². The van der Waals surface area contributed by atoms with Crippen LogP contribution in [0.1, 0.15) is 12.5 Å². The van der Waals surface area contributed by atoms with Gasteiger partial charge in [-0.1, -0.05) is 30.1 Å². The smallest absolute Gasteiger partial charge is 0.136 e. The molecule has 1 aromatic heterocycles. The Morgan fingerprint density at radius 2 is 1.94 bits per heavy atom. The van der Waals surface area contributed by atoms with Crippen LogP contribution in [0.25, 0.3) is 11.3 Å². The maximum absolute atomic E-state index is 13.3. The summed E-state index contributed by atoms with van der Waals surface area (Å²) in [5, 5.41) is 0.717. The molecular weight excluding hydrogens is 262 g/mol. The number of hydrogen-bond acceptors (Lipinski definition) is 2. The predicted octanol–water partition coefficient (Wildman–Crippen LogP) is 4.15. The topological polar surface area (TPSA) is 25.8 Å². The fraction of sp³-hybridized carbons (Fsp3) is 0.167. The summed E-state index contributed by atoms with van der Waals surface area (Å²) in [5.74, 6) is -0.399. The lowest BCUT2D eigenvalue weighted by atomic mass is 10.1. The minimum Gasteiger partial charge on any atom is -0.236 e. The molecule has 0 atom stereocenters. The number of benzene rings is 1. The molecule has 0 saturated carbocycles. The first-order chi connectivity index (χ1) is 8.11. The lowest BCUT2D eigenvalue weighted by Crippen LogP contribution is -1.96. The van der Waals surface area contributed by atoms with Gasteiger partial charge >= 0.3 is 0 Å². The van der Waals surface area contributed by atoms with Gasteiger partial charge in [-0.05, 0) is 24.6 Å². The van der Waals surface area contributed by atoms with E-state index in [9.17, 15) is 4.39 Å². The lowest BCUT2D eigenvalue weighted by molar-refractivity contribution is 0.628. The van der Waals surface area contributed by atoms with Gasteiger partial charge in [-0.25, -0.2) is 14.4 Å². The van der Waals surface area contributed by atoms with Crippen LogP contribution >= 0.6 is 23.2 Å². The summed E-state index contributed by atoms with van der Waals surface area (Å²) in [6.07, 6.45) is 2.03. The van der Waals surface area contributed by atoms with Crippen molar-refractivity contribution in [1.82, 2.24) is 9.97 Å². The van der Waals surface area contributed by atoms with Gasteiger partial charge in [-0.2, -0.15) is 0 Å². The van der Waals surface area contributed by atoms with Crippen molar-refractivity contribution >= 4 is 23.2 Å². The molecule has 0 aliphatic rings. The van der Waals surface area contributed by atoms with Crippen LogP contribution in [0.3, 0.4) is 0 Å². The average Bonchev–Trinajstić information content (AvgIpc) is 2.27. The molecule has 2 nitrogen and oxygen atoms in total. The van der Waals surface area contributed by atoms with Crippen LogP contribution in [0.4, 0.5) is 4.39 Å². The Morgan fingerprint density at radius 1 is 1.18 bits per heavy atom. The van der Waals surface area contributed by atoms with E-state index in [0.717, 1.165) is 5.56 Å². The minimum absolute atomic E-state index is 0.330. The summed E-state index contributed by atoms with van der Waals surface area (Å²) in [7, 11) is 0. The van der Waals surface area contributed by atoms with Crippen molar-refractivity contribution in [2.75, 3.05) is 0 Å². The van der Waals surface area contributed by atoms with Crippen molar-refractivity contribution in [3.63, 3.8) is 0 Å². The summed E-state index contributed by atoms with van der Waals surface area (Å²) < 4.78 is 13.3. The van der Waals surface area contributed by atoms with Gasteiger partial charge in [0.25, 0.3) is 0 Å². The SMILES string of the molecule is CCc1c(Cl)ncnc1-c1cc(F)cc(Cl)c1. The van der Waals surface area contributed by atoms with E-state index in [0.29, 0.717) is 27.9 Å². The normalized spacial score (nSPS) is 10.6. The Bertz CT molecular complexity index is 538.